The van der Waals surface area contributed by atoms with Crippen LogP contribution >= 0.6 is 0 Å². The normalized spacial score (nSPS) is 11.3. The van der Waals surface area contributed by atoms with E-state index in [1.54, 1.807) is 6.33 Å². The molecule has 9 aromatic rings. The van der Waals surface area contributed by atoms with Crippen molar-refractivity contribution in [1.82, 2.24) is 15.0 Å². The Morgan fingerprint density at radius 2 is 0.688 bits per heavy atom. The van der Waals surface area contributed by atoms with Gasteiger partial charge in [0.1, 0.15) is 6.33 Å². The van der Waals surface area contributed by atoms with Gasteiger partial charge >= 0.3 is 0 Å². The lowest BCUT2D eigenvalue weighted by Gasteiger charge is -2.17. The second-order valence-electron chi connectivity index (χ2n) is 12.0. The molecule has 0 bridgehead atoms. The number of fused-ring (bicyclic) bond motifs is 6. The summed E-state index contributed by atoms with van der Waals surface area (Å²) < 4.78 is 0. The summed E-state index contributed by atoms with van der Waals surface area (Å²) in [5.74, 6) is 1.31. The molecule has 8 aromatic carbocycles. The minimum atomic E-state index is 0.649. The van der Waals surface area contributed by atoms with Crippen molar-refractivity contribution in [1.29, 1.82) is 0 Å². The smallest absolute Gasteiger partial charge is 0.163 e. The van der Waals surface area contributed by atoms with Crippen LogP contribution in [0.1, 0.15) is 0 Å². The van der Waals surface area contributed by atoms with Crippen LogP contribution in [0.15, 0.2) is 176 Å². The number of rotatable bonds is 5. The first-order valence-corrected chi connectivity index (χ1v) is 16.2. The molecule has 1 heterocycles. The van der Waals surface area contributed by atoms with Crippen molar-refractivity contribution in [3.63, 3.8) is 0 Å². The van der Waals surface area contributed by atoms with Gasteiger partial charge in [0.05, 0.1) is 0 Å². The van der Waals surface area contributed by atoms with Crippen LogP contribution in [0.5, 0.6) is 0 Å². The Morgan fingerprint density at radius 3 is 1.29 bits per heavy atom. The molecule has 3 nitrogen and oxygen atoms in total. The second kappa shape index (κ2) is 11.7. The molecule has 224 valence electrons. The van der Waals surface area contributed by atoms with Crippen molar-refractivity contribution in [2.24, 2.45) is 0 Å². The highest BCUT2D eigenvalue weighted by molar-refractivity contribution is 6.25. The van der Waals surface area contributed by atoms with Crippen LogP contribution in [-0.2, 0) is 0 Å². The fraction of sp³-hybridized carbons (Fsp3) is 0. The van der Waals surface area contributed by atoms with E-state index >= 15 is 0 Å². The molecule has 1 aromatic heterocycles. The first-order chi connectivity index (χ1) is 23.8. The summed E-state index contributed by atoms with van der Waals surface area (Å²) in [6.45, 7) is 0. The van der Waals surface area contributed by atoms with Gasteiger partial charge in [-0.15, -0.1) is 0 Å². The third kappa shape index (κ3) is 4.72. The number of aromatic nitrogens is 3. The topological polar surface area (TPSA) is 38.7 Å². The zero-order chi connectivity index (χ0) is 31.9. The van der Waals surface area contributed by atoms with E-state index < -0.39 is 0 Å². The van der Waals surface area contributed by atoms with Crippen molar-refractivity contribution in [2.45, 2.75) is 0 Å². The summed E-state index contributed by atoms with van der Waals surface area (Å²) >= 11 is 0. The van der Waals surface area contributed by atoms with Gasteiger partial charge in [-0.3, -0.25) is 0 Å². The summed E-state index contributed by atoms with van der Waals surface area (Å²) in [5, 5.41) is 7.65. The Labute approximate surface area is 278 Å². The first-order valence-electron chi connectivity index (χ1n) is 16.2. The zero-order valence-corrected chi connectivity index (χ0v) is 26.1. The van der Waals surface area contributed by atoms with E-state index in [0.29, 0.717) is 11.6 Å². The van der Waals surface area contributed by atoms with Crippen LogP contribution in [0.3, 0.4) is 0 Å². The van der Waals surface area contributed by atoms with E-state index in [0.717, 1.165) is 27.8 Å². The maximum absolute atomic E-state index is 4.92. The summed E-state index contributed by atoms with van der Waals surface area (Å²) in [6, 6.07) is 60.2. The summed E-state index contributed by atoms with van der Waals surface area (Å²) in [5.41, 5.74) is 8.83. The van der Waals surface area contributed by atoms with E-state index in [1.165, 1.54) is 49.0 Å². The molecule has 0 radical (unpaired) electrons. The van der Waals surface area contributed by atoms with E-state index in [2.05, 4.69) is 143 Å². The summed E-state index contributed by atoms with van der Waals surface area (Å²) in [4.78, 5) is 14.0. The Morgan fingerprint density at radius 1 is 0.271 bits per heavy atom. The average molecular weight is 612 g/mol. The Balaban J connectivity index is 1.21. The van der Waals surface area contributed by atoms with Gasteiger partial charge in [-0.1, -0.05) is 164 Å². The van der Waals surface area contributed by atoms with Crippen molar-refractivity contribution in [2.75, 3.05) is 0 Å². The van der Waals surface area contributed by atoms with E-state index in [-0.39, 0.29) is 0 Å². The van der Waals surface area contributed by atoms with Crippen LogP contribution in [0, 0.1) is 0 Å². The van der Waals surface area contributed by atoms with Crippen LogP contribution in [0.4, 0.5) is 0 Å². The van der Waals surface area contributed by atoms with E-state index in [4.69, 9.17) is 4.98 Å². The molecule has 0 N–H and O–H groups in total. The van der Waals surface area contributed by atoms with Crippen LogP contribution < -0.4 is 0 Å². The molecule has 0 spiro atoms. The zero-order valence-electron chi connectivity index (χ0n) is 26.1. The van der Waals surface area contributed by atoms with Gasteiger partial charge in [-0.25, -0.2) is 15.0 Å². The molecular formula is C45H29N3. The summed E-state index contributed by atoms with van der Waals surface area (Å²) in [6.07, 6.45) is 1.61. The maximum atomic E-state index is 4.92. The van der Waals surface area contributed by atoms with Crippen LogP contribution in [-0.4, -0.2) is 15.0 Å². The number of benzene rings is 8. The largest absolute Gasteiger partial charge is 0.217 e. The van der Waals surface area contributed by atoms with Gasteiger partial charge < -0.3 is 0 Å². The molecule has 0 aliphatic heterocycles. The molecule has 48 heavy (non-hydrogen) atoms. The molecule has 0 amide bonds. The van der Waals surface area contributed by atoms with Crippen LogP contribution in [0.25, 0.3) is 88.5 Å². The number of hydrogen-bond acceptors (Lipinski definition) is 3. The minimum Gasteiger partial charge on any atom is -0.217 e. The van der Waals surface area contributed by atoms with E-state index in [1.807, 2.05) is 36.4 Å². The predicted octanol–water partition coefficient (Wildman–Crippen LogP) is 11.7. The first kappa shape index (κ1) is 27.8. The van der Waals surface area contributed by atoms with Crippen molar-refractivity contribution in [3.05, 3.63) is 176 Å². The lowest BCUT2D eigenvalue weighted by Crippen LogP contribution is -1.97. The number of hydrogen-bond donors (Lipinski definition) is 0. The molecule has 0 saturated heterocycles. The fourth-order valence-corrected chi connectivity index (χ4v) is 7.06. The third-order valence-electron chi connectivity index (χ3n) is 9.26. The Bertz CT molecular complexity index is 2590. The average Bonchev–Trinajstić information content (AvgIpc) is 3.18. The molecular weight excluding hydrogens is 583 g/mol. The molecule has 0 aliphatic rings. The summed E-state index contributed by atoms with van der Waals surface area (Å²) in [7, 11) is 0. The van der Waals surface area contributed by atoms with Crippen molar-refractivity contribution in [3.8, 4) is 56.2 Å². The van der Waals surface area contributed by atoms with Crippen molar-refractivity contribution >= 4 is 32.3 Å². The highest BCUT2D eigenvalue weighted by Crippen LogP contribution is 2.43. The van der Waals surface area contributed by atoms with Gasteiger partial charge in [-0.2, -0.15) is 0 Å². The predicted molar refractivity (Wildman–Crippen MR) is 200 cm³/mol. The Hall–Kier alpha value is -6.45. The van der Waals surface area contributed by atoms with Gasteiger partial charge in [0, 0.05) is 11.1 Å². The lowest BCUT2D eigenvalue weighted by atomic mass is 9.86. The SMILES string of the molecule is c1ccc(-c2ncnc(-c3ccccc3-c3ccccc3-c3ccccc3-c3ccc4c5ccccc5c5ccccc5c4c3)n2)cc1. The molecule has 0 atom stereocenters. The van der Waals surface area contributed by atoms with Gasteiger partial charge in [0.25, 0.3) is 0 Å². The quantitative estimate of drug-likeness (QED) is 0.182. The fourth-order valence-electron chi connectivity index (χ4n) is 7.06. The molecule has 0 unspecified atom stereocenters. The lowest BCUT2D eigenvalue weighted by molar-refractivity contribution is 1.07. The van der Waals surface area contributed by atoms with Crippen LogP contribution in [0.2, 0.25) is 0 Å². The number of nitrogens with zero attached hydrogens (tertiary/aromatic N) is 3. The highest BCUT2D eigenvalue weighted by Gasteiger charge is 2.18. The maximum Gasteiger partial charge on any atom is 0.163 e. The third-order valence-corrected chi connectivity index (χ3v) is 9.26. The van der Waals surface area contributed by atoms with Gasteiger partial charge in [-0.05, 0) is 71.8 Å². The monoisotopic (exact) mass is 611 g/mol. The molecule has 3 heteroatoms. The molecule has 0 aliphatic carbocycles. The standard InChI is InChI=1S/C45H29N3/c1-2-14-30(15-3-1)44-46-29-47-45(48-44)42-25-13-12-23-39(42)36-20-8-6-18-34(36)33-17-5-4-16-32(33)31-26-27-41-38-22-9-7-19-35(38)37-21-10-11-24-40(37)43(41)28-31/h1-29H. The van der Waals surface area contributed by atoms with E-state index in [9.17, 15) is 0 Å². The highest BCUT2D eigenvalue weighted by atomic mass is 15.0. The van der Waals surface area contributed by atoms with Crippen molar-refractivity contribution < 1.29 is 0 Å². The Kier molecular flexibility index (Phi) is 6.80. The molecule has 9 rings (SSSR count). The van der Waals surface area contributed by atoms with Gasteiger partial charge in [0.2, 0.25) is 0 Å². The van der Waals surface area contributed by atoms with Gasteiger partial charge in [0.15, 0.2) is 11.6 Å². The minimum absolute atomic E-state index is 0.649. The molecule has 0 fully saturated rings. The molecule has 0 saturated carbocycles. The second-order valence-corrected chi connectivity index (χ2v) is 12.0.